The normalized spacial score (nSPS) is 15.2. The van der Waals surface area contributed by atoms with Crippen LogP contribution < -0.4 is 5.32 Å². The summed E-state index contributed by atoms with van der Waals surface area (Å²) in [5.41, 5.74) is 1.61. The van der Waals surface area contributed by atoms with Gasteiger partial charge in [0.05, 0.1) is 17.0 Å². The fourth-order valence-electron chi connectivity index (χ4n) is 1.90. The molecule has 0 saturated carbocycles. The summed E-state index contributed by atoms with van der Waals surface area (Å²) < 4.78 is 2.14. The third-order valence-electron chi connectivity index (χ3n) is 3.30. The van der Waals surface area contributed by atoms with E-state index in [2.05, 4.69) is 27.8 Å². The summed E-state index contributed by atoms with van der Waals surface area (Å²) in [7, 11) is 0. The van der Waals surface area contributed by atoms with Crippen molar-refractivity contribution < 1.29 is 5.11 Å². The lowest BCUT2D eigenvalue weighted by molar-refractivity contribution is 0.0554. The number of hydrogen-bond acceptors (Lipinski definition) is 4. The van der Waals surface area contributed by atoms with E-state index in [4.69, 9.17) is 0 Å². The number of imidazole rings is 1. The molecule has 0 aliphatic rings. The molecule has 18 heavy (non-hydrogen) atoms. The van der Waals surface area contributed by atoms with Crippen molar-refractivity contribution in [3.63, 3.8) is 0 Å². The van der Waals surface area contributed by atoms with Gasteiger partial charge in [0.25, 0.3) is 0 Å². The highest BCUT2D eigenvalue weighted by molar-refractivity contribution is 7.17. The van der Waals surface area contributed by atoms with Crippen LogP contribution in [-0.4, -0.2) is 26.6 Å². The van der Waals surface area contributed by atoms with Gasteiger partial charge in [-0.1, -0.05) is 6.92 Å². The smallest absolute Gasteiger partial charge is 0.194 e. The van der Waals surface area contributed by atoms with Crippen LogP contribution in [0.5, 0.6) is 0 Å². The molecule has 0 aliphatic heterocycles. The molecule has 0 spiro atoms. The Morgan fingerprint density at radius 2 is 2.22 bits per heavy atom. The summed E-state index contributed by atoms with van der Waals surface area (Å²) in [5.74, 6) is 0. The molecule has 100 valence electrons. The molecule has 0 aromatic carbocycles. The van der Waals surface area contributed by atoms with Crippen LogP contribution in [0, 0.1) is 13.8 Å². The second kappa shape index (κ2) is 4.99. The van der Waals surface area contributed by atoms with E-state index < -0.39 is 5.60 Å². The zero-order valence-electron chi connectivity index (χ0n) is 11.4. The lowest BCUT2D eigenvalue weighted by Gasteiger charge is -2.21. The molecule has 0 bridgehead atoms. The molecular formula is C13H21N3OS. The summed E-state index contributed by atoms with van der Waals surface area (Å²) >= 11 is 1.71. The summed E-state index contributed by atoms with van der Waals surface area (Å²) in [5, 5.41) is 13.3. The molecular weight excluding hydrogens is 246 g/mol. The Labute approximate surface area is 112 Å². The molecule has 0 fully saturated rings. The van der Waals surface area contributed by atoms with Crippen molar-refractivity contribution in [3.8, 4) is 0 Å². The lowest BCUT2D eigenvalue weighted by Crippen LogP contribution is -2.37. The van der Waals surface area contributed by atoms with Crippen molar-refractivity contribution in [1.29, 1.82) is 0 Å². The minimum Gasteiger partial charge on any atom is -0.389 e. The van der Waals surface area contributed by atoms with Gasteiger partial charge in [-0.05, 0) is 27.2 Å². The summed E-state index contributed by atoms with van der Waals surface area (Å²) in [6, 6.07) is 0. The first kappa shape index (κ1) is 13.5. The van der Waals surface area contributed by atoms with Crippen molar-refractivity contribution in [2.75, 3.05) is 6.54 Å². The molecule has 4 nitrogen and oxygen atoms in total. The first-order chi connectivity index (χ1) is 8.43. The second-order valence-corrected chi connectivity index (χ2v) is 6.31. The van der Waals surface area contributed by atoms with Crippen LogP contribution in [0.3, 0.4) is 0 Å². The quantitative estimate of drug-likeness (QED) is 0.873. The minimum absolute atomic E-state index is 0.597. The van der Waals surface area contributed by atoms with Gasteiger partial charge in [0.1, 0.15) is 0 Å². The van der Waals surface area contributed by atoms with Crippen molar-refractivity contribution in [2.45, 2.75) is 46.3 Å². The molecule has 0 aliphatic carbocycles. The van der Waals surface area contributed by atoms with E-state index >= 15 is 0 Å². The third kappa shape index (κ3) is 2.74. The zero-order chi connectivity index (χ0) is 13.3. The average Bonchev–Trinajstić information content (AvgIpc) is 2.76. The largest absolute Gasteiger partial charge is 0.389 e. The first-order valence-electron chi connectivity index (χ1n) is 6.30. The Kier molecular flexibility index (Phi) is 3.75. The van der Waals surface area contributed by atoms with E-state index in [1.54, 1.807) is 11.3 Å². The number of nitrogens with zero attached hydrogens (tertiary/aromatic N) is 2. The number of aryl methyl sites for hydroxylation is 2. The van der Waals surface area contributed by atoms with Crippen LogP contribution in [0.25, 0.3) is 4.96 Å². The maximum atomic E-state index is 9.96. The molecule has 2 aromatic rings. The summed E-state index contributed by atoms with van der Waals surface area (Å²) in [6.45, 7) is 9.30. The van der Waals surface area contributed by atoms with Crippen molar-refractivity contribution in [1.82, 2.24) is 14.7 Å². The Morgan fingerprint density at radius 1 is 1.50 bits per heavy atom. The lowest BCUT2D eigenvalue weighted by atomic mass is 10.0. The third-order valence-corrected chi connectivity index (χ3v) is 4.20. The van der Waals surface area contributed by atoms with Crippen LogP contribution in [0.1, 0.15) is 36.5 Å². The van der Waals surface area contributed by atoms with Crippen molar-refractivity contribution >= 4 is 16.3 Å². The maximum Gasteiger partial charge on any atom is 0.194 e. The highest BCUT2D eigenvalue weighted by atomic mass is 32.1. The molecule has 2 N–H and O–H groups in total. The predicted molar refractivity (Wildman–Crippen MR) is 75.2 cm³/mol. The maximum absolute atomic E-state index is 9.96. The number of hydrogen-bond donors (Lipinski definition) is 2. The summed E-state index contributed by atoms with van der Waals surface area (Å²) in [4.78, 5) is 6.86. The topological polar surface area (TPSA) is 49.6 Å². The van der Waals surface area contributed by atoms with Gasteiger partial charge in [-0.15, -0.1) is 11.3 Å². The molecule has 5 heteroatoms. The van der Waals surface area contributed by atoms with Gasteiger partial charge in [-0.3, -0.25) is 4.40 Å². The van der Waals surface area contributed by atoms with Crippen LogP contribution in [0.2, 0.25) is 0 Å². The summed E-state index contributed by atoms with van der Waals surface area (Å²) in [6.07, 6.45) is 2.87. The van der Waals surface area contributed by atoms with Crippen LogP contribution in [-0.2, 0) is 6.54 Å². The Bertz CT molecular complexity index is 542. The Balaban J connectivity index is 2.09. The van der Waals surface area contributed by atoms with Gasteiger partial charge in [-0.2, -0.15) is 0 Å². The van der Waals surface area contributed by atoms with Gasteiger partial charge < -0.3 is 10.4 Å². The van der Waals surface area contributed by atoms with E-state index in [1.165, 1.54) is 10.6 Å². The number of thiazole rings is 1. The van der Waals surface area contributed by atoms with E-state index in [0.29, 0.717) is 6.54 Å². The Morgan fingerprint density at radius 3 is 2.89 bits per heavy atom. The molecule has 1 unspecified atom stereocenters. The molecule has 2 rings (SSSR count). The van der Waals surface area contributed by atoms with E-state index in [0.717, 1.165) is 23.6 Å². The van der Waals surface area contributed by atoms with Crippen LogP contribution in [0.4, 0.5) is 0 Å². The van der Waals surface area contributed by atoms with E-state index in [1.807, 2.05) is 20.8 Å². The fraction of sp³-hybridized carbons (Fsp3) is 0.615. The molecule has 2 heterocycles. The van der Waals surface area contributed by atoms with Crippen molar-refractivity contribution in [2.24, 2.45) is 0 Å². The van der Waals surface area contributed by atoms with Gasteiger partial charge in [0.2, 0.25) is 0 Å². The SMILES string of the molecule is CCC(C)(O)CNCc1c(C)nc2sc(C)cn12. The van der Waals surface area contributed by atoms with Gasteiger partial charge >= 0.3 is 0 Å². The van der Waals surface area contributed by atoms with E-state index in [-0.39, 0.29) is 0 Å². The van der Waals surface area contributed by atoms with Crippen molar-refractivity contribution in [3.05, 3.63) is 22.5 Å². The van der Waals surface area contributed by atoms with Gasteiger partial charge in [0.15, 0.2) is 4.96 Å². The monoisotopic (exact) mass is 267 g/mol. The molecule has 2 aromatic heterocycles. The standard InChI is InChI=1S/C13H21N3OS/c1-5-13(4,17)8-14-6-11-10(3)15-12-16(11)7-9(2)18-12/h7,14,17H,5-6,8H2,1-4H3. The Hall–Kier alpha value is -0.910. The molecule has 0 radical (unpaired) electrons. The highest BCUT2D eigenvalue weighted by Gasteiger charge is 2.17. The molecule has 0 amide bonds. The predicted octanol–water partition coefficient (Wildman–Crippen LogP) is 2.26. The zero-order valence-corrected chi connectivity index (χ0v) is 12.3. The average molecular weight is 267 g/mol. The van der Waals surface area contributed by atoms with Gasteiger partial charge in [-0.25, -0.2) is 4.98 Å². The molecule has 1 atom stereocenters. The molecule has 0 saturated heterocycles. The van der Waals surface area contributed by atoms with Gasteiger partial charge in [0, 0.05) is 24.2 Å². The van der Waals surface area contributed by atoms with Crippen LogP contribution >= 0.6 is 11.3 Å². The number of rotatable bonds is 5. The van der Waals surface area contributed by atoms with Crippen LogP contribution in [0.15, 0.2) is 6.20 Å². The highest BCUT2D eigenvalue weighted by Crippen LogP contribution is 2.20. The number of nitrogens with one attached hydrogen (secondary N) is 1. The fourth-order valence-corrected chi connectivity index (χ4v) is 2.79. The number of aliphatic hydroxyl groups is 1. The number of aromatic nitrogens is 2. The number of fused-ring (bicyclic) bond motifs is 1. The second-order valence-electron chi connectivity index (χ2n) is 5.09. The first-order valence-corrected chi connectivity index (χ1v) is 7.11. The van der Waals surface area contributed by atoms with E-state index in [9.17, 15) is 5.11 Å². The minimum atomic E-state index is -0.637.